The lowest BCUT2D eigenvalue weighted by Gasteiger charge is -2.17. The zero-order chi connectivity index (χ0) is 15.8. The van der Waals surface area contributed by atoms with Crippen LogP contribution in [0.2, 0.25) is 0 Å². The topological polar surface area (TPSA) is 41.5 Å². The van der Waals surface area contributed by atoms with Gasteiger partial charge in [-0.15, -0.1) is 0 Å². The van der Waals surface area contributed by atoms with Crippen LogP contribution in [0.15, 0.2) is 0 Å². The maximum atomic E-state index is 9.86. The van der Waals surface area contributed by atoms with E-state index >= 15 is 0 Å². The minimum absolute atomic E-state index is 0.375. The van der Waals surface area contributed by atoms with Gasteiger partial charge in [-0.3, -0.25) is 0 Å². The Morgan fingerprint density at radius 2 is 1.90 bits per heavy atom. The van der Waals surface area contributed by atoms with Crippen LogP contribution in [0.1, 0.15) is 58.8 Å². The predicted molar refractivity (Wildman–Crippen MR) is 95.2 cm³/mol. The third-order valence-corrected chi connectivity index (χ3v) is 4.49. The van der Waals surface area contributed by atoms with Crippen molar-refractivity contribution in [1.29, 1.82) is 0 Å². The molecule has 2 N–H and O–H groups in total. The van der Waals surface area contributed by atoms with Crippen molar-refractivity contribution < 1.29 is 9.84 Å². The molecule has 0 rings (SSSR count). The molecule has 0 bridgehead atoms. The van der Waals surface area contributed by atoms with Gasteiger partial charge in [-0.2, -0.15) is 11.8 Å². The molecule has 0 aromatic carbocycles. The molecule has 0 heterocycles. The van der Waals surface area contributed by atoms with E-state index in [-0.39, 0.29) is 6.10 Å². The van der Waals surface area contributed by atoms with Gasteiger partial charge in [0.05, 0.1) is 12.7 Å². The van der Waals surface area contributed by atoms with Gasteiger partial charge in [0.25, 0.3) is 0 Å². The Kier molecular flexibility index (Phi) is 16.8. The molecule has 2 atom stereocenters. The predicted octanol–water partition coefficient (Wildman–Crippen LogP) is 3.70. The summed E-state index contributed by atoms with van der Waals surface area (Å²) in [5.74, 6) is 1.91. The van der Waals surface area contributed by atoms with Crippen LogP contribution in [0.4, 0.5) is 0 Å². The third kappa shape index (κ3) is 14.9. The molecule has 0 aromatic rings. The molecule has 0 saturated carbocycles. The fraction of sp³-hybridized carbons (Fsp3) is 1.00. The quantitative estimate of drug-likeness (QED) is 0.426. The Morgan fingerprint density at radius 3 is 2.57 bits per heavy atom. The Morgan fingerprint density at radius 1 is 1.10 bits per heavy atom. The summed E-state index contributed by atoms with van der Waals surface area (Å²) in [5.41, 5.74) is 0. The fourth-order valence-corrected chi connectivity index (χ4v) is 2.76. The van der Waals surface area contributed by atoms with Crippen LogP contribution in [0.3, 0.4) is 0 Å². The first-order chi connectivity index (χ1) is 10.2. The fourth-order valence-electron chi connectivity index (χ4n) is 2.27. The van der Waals surface area contributed by atoms with Gasteiger partial charge in [0, 0.05) is 13.2 Å². The molecule has 4 heteroatoms. The van der Waals surface area contributed by atoms with E-state index in [1.54, 1.807) is 0 Å². The average molecular weight is 320 g/mol. The normalized spacial score (nSPS) is 14.3. The zero-order valence-electron chi connectivity index (χ0n) is 14.4. The number of ether oxygens (including phenoxy) is 1. The molecule has 0 saturated heterocycles. The van der Waals surface area contributed by atoms with Gasteiger partial charge in [-0.25, -0.2) is 0 Å². The van der Waals surface area contributed by atoms with Crippen molar-refractivity contribution in [3.8, 4) is 0 Å². The van der Waals surface area contributed by atoms with Gasteiger partial charge in [0.2, 0.25) is 0 Å². The molecule has 0 aliphatic rings. The van der Waals surface area contributed by atoms with Crippen molar-refractivity contribution in [2.75, 3.05) is 38.3 Å². The van der Waals surface area contributed by atoms with Crippen molar-refractivity contribution >= 4 is 11.8 Å². The van der Waals surface area contributed by atoms with Gasteiger partial charge in [-0.05, 0) is 43.7 Å². The number of hydrogen-bond donors (Lipinski definition) is 2. The maximum Gasteiger partial charge on any atom is 0.0897 e. The summed E-state index contributed by atoms with van der Waals surface area (Å²) in [7, 11) is 0. The molecule has 0 fully saturated rings. The average Bonchev–Trinajstić information content (AvgIpc) is 2.49. The van der Waals surface area contributed by atoms with E-state index in [0.717, 1.165) is 13.2 Å². The van der Waals surface area contributed by atoms with E-state index in [1.165, 1.54) is 50.7 Å². The van der Waals surface area contributed by atoms with Gasteiger partial charge in [0.1, 0.15) is 0 Å². The van der Waals surface area contributed by atoms with Crippen LogP contribution < -0.4 is 5.32 Å². The first-order valence-corrected chi connectivity index (χ1v) is 10.1. The highest BCUT2D eigenvalue weighted by Gasteiger charge is 2.08. The van der Waals surface area contributed by atoms with Crippen molar-refractivity contribution in [2.24, 2.45) is 5.92 Å². The number of hydrogen-bond acceptors (Lipinski definition) is 4. The minimum Gasteiger partial charge on any atom is -0.389 e. The Balaban J connectivity index is 3.38. The van der Waals surface area contributed by atoms with E-state index in [0.29, 0.717) is 19.1 Å². The lowest BCUT2D eigenvalue weighted by Crippen LogP contribution is -2.31. The highest BCUT2D eigenvalue weighted by Crippen LogP contribution is 2.12. The van der Waals surface area contributed by atoms with Gasteiger partial charge in [-0.1, -0.05) is 39.5 Å². The van der Waals surface area contributed by atoms with Crippen molar-refractivity contribution in [3.63, 3.8) is 0 Å². The Bertz CT molecular complexity index is 205. The second-order valence-corrected chi connectivity index (χ2v) is 6.85. The van der Waals surface area contributed by atoms with E-state index < -0.39 is 0 Å². The molecule has 2 unspecified atom stereocenters. The van der Waals surface area contributed by atoms with Crippen molar-refractivity contribution in [3.05, 3.63) is 0 Å². The van der Waals surface area contributed by atoms with Gasteiger partial charge in [0.15, 0.2) is 0 Å². The van der Waals surface area contributed by atoms with Crippen LogP contribution >= 0.6 is 11.8 Å². The summed E-state index contributed by atoms with van der Waals surface area (Å²) in [5, 5.41) is 13.2. The maximum absolute atomic E-state index is 9.86. The first kappa shape index (κ1) is 21.2. The SMILES string of the molecule is CCCCC(CC)COCC(O)CNCCCCCSC. The van der Waals surface area contributed by atoms with E-state index in [1.807, 2.05) is 11.8 Å². The van der Waals surface area contributed by atoms with Crippen molar-refractivity contribution in [1.82, 2.24) is 5.32 Å². The van der Waals surface area contributed by atoms with Gasteiger partial charge >= 0.3 is 0 Å². The molecular weight excluding hydrogens is 282 g/mol. The van der Waals surface area contributed by atoms with Crippen LogP contribution in [0, 0.1) is 5.92 Å². The van der Waals surface area contributed by atoms with Crippen LogP contribution in [-0.2, 0) is 4.74 Å². The number of thioether (sulfide) groups is 1. The molecule has 0 aromatic heterocycles. The lowest BCUT2D eigenvalue weighted by atomic mass is 10.0. The summed E-state index contributed by atoms with van der Waals surface area (Å²) in [4.78, 5) is 0. The monoisotopic (exact) mass is 319 g/mol. The number of unbranched alkanes of at least 4 members (excludes halogenated alkanes) is 3. The van der Waals surface area contributed by atoms with E-state index in [2.05, 4.69) is 25.4 Å². The number of aliphatic hydroxyl groups excluding tert-OH is 1. The zero-order valence-corrected chi connectivity index (χ0v) is 15.2. The highest BCUT2D eigenvalue weighted by molar-refractivity contribution is 7.98. The molecule has 0 spiro atoms. The van der Waals surface area contributed by atoms with Crippen molar-refractivity contribution in [2.45, 2.75) is 64.9 Å². The van der Waals surface area contributed by atoms with Crippen LogP contribution in [0.5, 0.6) is 0 Å². The molecule has 0 aliphatic carbocycles. The number of nitrogens with one attached hydrogen (secondary N) is 1. The number of aliphatic hydroxyl groups is 1. The Labute approximate surface area is 136 Å². The largest absolute Gasteiger partial charge is 0.389 e. The summed E-state index contributed by atoms with van der Waals surface area (Å²) >= 11 is 1.91. The molecule has 0 amide bonds. The summed E-state index contributed by atoms with van der Waals surface area (Å²) < 4.78 is 5.66. The minimum atomic E-state index is -0.375. The summed E-state index contributed by atoms with van der Waals surface area (Å²) in [6.07, 6.45) is 10.5. The first-order valence-electron chi connectivity index (χ1n) is 8.70. The van der Waals surface area contributed by atoms with E-state index in [9.17, 15) is 5.11 Å². The van der Waals surface area contributed by atoms with Crippen LogP contribution in [-0.4, -0.2) is 49.5 Å². The Hall–Kier alpha value is 0.230. The number of rotatable bonds is 16. The van der Waals surface area contributed by atoms with E-state index in [4.69, 9.17) is 4.74 Å². The molecular formula is C17H37NO2S. The smallest absolute Gasteiger partial charge is 0.0897 e. The molecule has 0 aliphatic heterocycles. The van der Waals surface area contributed by atoms with Crippen LogP contribution in [0.25, 0.3) is 0 Å². The summed E-state index contributed by atoms with van der Waals surface area (Å²) in [6.45, 7) is 7.35. The third-order valence-electron chi connectivity index (χ3n) is 3.79. The second kappa shape index (κ2) is 16.6. The molecule has 21 heavy (non-hydrogen) atoms. The highest BCUT2D eigenvalue weighted by atomic mass is 32.2. The standard InChI is InChI=1S/C17H37NO2S/c1-4-6-10-16(5-2)14-20-15-17(19)13-18-11-8-7-9-12-21-3/h16-19H,4-15H2,1-3H3. The molecule has 0 radical (unpaired) electrons. The molecule has 3 nitrogen and oxygen atoms in total. The molecule has 128 valence electrons. The second-order valence-electron chi connectivity index (χ2n) is 5.87. The summed E-state index contributed by atoms with van der Waals surface area (Å²) in [6, 6.07) is 0. The van der Waals surface area contributed by atoms with Gasteiger partial charge < -0.3 is 15.2 Å². The lowest BCUT2D eigenvalue weighted by molar-refractivity contribution is 0.0194.